The standard InChI is InChI=1S/C25H32N4O4.C20H18O8/c30-24(23-12-11-21(15-26-23)28-33-18-20-9-5-2-6-10-20)27-22-13-14-29(16-22)25(31)32-17-19-7-3-1-4-8-19;1-11-3-7-13(8-4-11)15(21)19(27,17(23)24)20(28,18(25)26)16(22)14-9-5-12(2)6-10-14/h1-10,21-23,26,28H,11-18H2,(H,27,30);3-10,27-28H,1-2H3,(H,23,24)(H,25,26)/t21-,22+,23+;19-,20-/m10/s1. The number of aryl methyl sites for hydroxylation is 2. The number of hydroxylamine groups is 1. The summed E-state index contributed by atoms with van der Waals surface area (Å²) in [5.74, 6) is -8.02. The summed E-state index contributed by atoms with van der Waals surface area (Å²) in [7, 11) is 0. The predicted molar refractivity (Wildman–Crippen MR) is 220 cm³/mol. The molecule has 5 atom stereocenters. The number of carboxylic acids is 2. The first kappa shape index (κ1) is 45.8. The van der Waals surface area contributed by atoms with Crippen LogP contribution < -0.4 is 16.1 Å². The lowest BCUT2D eigenvalue weighted by molar-refractivity contribution is -0.187. The summed E-state index contributed by atoms with van der Waals surface area (Å²) >= 11 is 0. The highest BCUT2D eigenvalue weighted by molar-refractivity contribution is 6.28. The third-order valence-electron chi connectivity index (χ3n) is 10.5. The van der Waals surface area contributed by atoms with Gasteiger partial charge in [0, 0.05) is 42.8 Å². The molecular formula is C45H50N4O12. The van der Waals surface area contributed by atoms with Crippen LogP contribution in [0.15, 0.2) is 109 Å². The predicted octanol–water partition coefficient (Wildman–Crippen LogP) is 3.36. The van der Waals surface area contributed by atoms with Gasteiger partial charge in [-0.15, -0.1) is 0 Å². The Balaban J connectivity index is 0.000000234. The van der Waals surface area contributed by atoms with E-state index in [-0.39, 0.29) is 47.9 Å². The lowest BCUT2D eigenvalue weighted by atomic mass is 9.73. The van der Waals surface area contributed by atoms with E-state index in [9.17, 15) is 49.2 Å². The Hall–Kier alpha value is -6.30. The van der Waals surface area contributed by atoms with E-state index >= 15 is 0 Å². The van der Waals surface area contributed by atoms with Gasteiger partial charge < -0.3 is 40.7 Å². The van der Waals surface area contributed by atoms with Crippen LogP contribution in [0.1, 0.15) is 62.2 Å². The fraction of sp³-hybridized carbons (Fsp3) is 0.333. The minimum Gasteiger partial charge on any atom is -0.479 e. The van der Waals surface area contributed by atoms with E-state index in [1.54, 1.807) is 18.7 Å². The maximum atomic E-state index is 12.8. The van der Waals surface area contributed by atoms with Gasteiger partial charge in [-0.05, 0) is 44.2 Å². The first-order valence-electron chi connectivity index (χ1n) is 19.7. The summed E-state index contributed by atoms with van der Waals surface area (Å²) in [5.41, 5.74) is -2.11. The number of hydrogen-bond donors (Lipinski definition) is 7. The van der Waals surface area contributed by atoms with Gasteiger partial charge in [-0.3, -0.25) is 19.2 Å². The lowest BCUT2D eigenvalue weighted by Gasteiger charge is -2.34. The summed E-state index contributed by atoms with van der Waals surface area (Å²) < 4.78 is 5.40. The second-order valence-electron chi connectivity index (χ2n) is 15.0. The fourth-order valence-electron chi connectivity index (χ4n) is 6.81. The van der Waals surface area contributed by atoms with Crippen molar-refractivity contribution in [3.63, 3.8) is 0 Å². The molecule has 2 aliphatic rings. The largest absolute Gasteiger partial charge is 0.479 e. The van der Waals surface area contributed by atoms with Crippen molar-refractivity contribution in [2.45, 2.75) is 75.7 Å². The smallest absolute Gasteiger partial charge is 0.410 e. The number of aliphatic carboxylic acids is 2. The number of nitrogens with one attached hydrogen (secondary N) is 3. The molecule has 0 spiro atoms. The number of aliphatic hydroxyl groups is 2. The van der Waals surface area contributed by atoms with Crippen LogP contribution in [0.25, 0.3) is 0 Å². The van der Waals surface area contributed by atoms with Crippen LogP contribution in [-0.2, 0) is 37.2 Å². The van der Waals surface area contributed by atoms with Gasteiger partial charge in [-0.1, -0.05) is 120 Å². The van der Waals surface area contributed by atoms with E-state index < -0.39 is 34.7 Å². The van der Waals surface area contributed by atoms with Gasteiger partial charge in [0.2, 0.25) is 17.5 Å². The molecule has 16 heteroatoms. The summed E-state index contributed by atoms with van der Waals surface area (Å²) in [4.78, 5) is 81.4. The van der Waals surface area contributed by atoms with Crippen LogP contribution in [0.4, 0.5) is 4.79 Å². The van der Waals surface area contributed by atoms with Crippen molar-refractivity contribution in [2.75, 3.05) is 19.6 Å². The number of carboxylic acid groups (broad SMARTS) is 2. The van der Waals surface area contributed by atoms with Crippen molar-refractivity contribution in [1.82, 2.24) is 21.0 Å². The Morgan fingerprint density at radius 2 is 1.16 bits per heavy atom. The molecule has 0 bridgehead atoms. The van der Waals surface area contributed by atoms with Gasteiger partial charge in [0.1, 0.15) is 6.61 Å². The number of hydrogen-bond acceptors (Lipinski definition) is 12. The molecule has 0 unspecified atom stereocenters. The van der Waals surface area contributed by atoms with E-state index in [4.69, 9.17) is 9.57 Å². The number of Topliss-reactive ketones (excluding diaryl/α,β-unsaturated/α-hetero) is 2. The Labute approximate surface area is 352 Å². The van der Waals surface area contributed by atoms with Gasteiger partial charge in [-0.25, -0.2) is 14.4 Å². The second kappa shape index (κ2) is 20.8. The number of ether oxygens (including phenoxy) is 1. The SMILES string of the molecule is Cc1ccc(C(=O)[C@](O)(C(=O)O)[C@@](O)(C(=O)O)C(=O)c2ccc(C)cc2)cc1.O=C(N[C@H]1CCN(C(=O)OCc2ccccc2)C1)[C@@H]1CC[C@@H](NOCc2ccccc2)CN1. The molecule has 2 amide bonds. The third-order valence-corrected chi connectivity index (χ3v) is 10.5. The first-order valence-corrected chi connectivity index (χ1v) is 19.7. The normalized spacial score (nSPS) is 19.2. The van der Waals surface area contributed by atoms with Crippen LogP contribution in [0.3, 0.4) is 0 Å². The zero-order chi connectivity index (χ0) is 44.2. The van der Waals surface area contributed by atoms with Crippen LogP contribution in [-0.4, -0.2) is 110 Å². The number of piperidine rings is 1. The molecule has 4 aromatic carbocycles. The van der Waals surface area contributed by atoms with E-state index in [0.29, 0.717) is 37.4 Å². The summed E-state index contributed by atoms with van der Waals surface area (Å²) in [6.45, 7) is 5.86. The Bertz CT molecular complexity index is 2070. The third kappa shape index (κ3) is 11.3. The number of ketones is 2. The molecule has 0 aromatic heterocycles. The van der Waals surface area contributed by atoms with Gasteiger partial charge in [0.25, 0.3) is 11.2 Å². The molecule has 0 saturated carbocycles. The number of carbonyl (C=O) groups is 6. The molecule has 16 nitrogen and oxygen atoms in total. The van der Waals surface area contributed by atoms with Crippen molar-refractivity contribution in [3.8, 4) is 0 Å². The molecule has 2 aliphatic heterocycles. The molecule has 7 N–H and O–H groups in total. The van der Waals surface area contributed by atoms with Gasteiger partial charge in [-0.2, -0.15) is 5.48 Å². The molecule has 2 heterocycles. The Morgan fingerprint density at radius 3 is 1.62 bits per heavy atom. The van der Waals surface area contributed by atoms with Crippen molar-refractivity contribution < 1.29 is 58.8 Å². The monoisotopic (exact) mass is 838 g/mol. The molecule has 0 aliphatic carbocycles. The topological polar surface area (TPSA) is 241 Å². The van der Waals surface area contributed by atoms with Crippen molar-refractivity contribution in [1.29, 1.82) is 0 Å². The second-order valence-corrected chi connectivity index (χ2v) is 15.0. The zero-order valence-corrected chi connectivity index (χ0v) is 33.8. The number of amides is 2. The highest BCUT2D eigenvalue weighted by atomic mass is 16.6. The van der Waals surface area contributed by atoms with Gasteiger partial charge >= 0.3 is 18.0 Å². The average Bonchev–Trinajstić information content (AvgIpc) is 3.74. The molecule has 4 aromatic rings. The first-order chi connectivity index (χ1) is 29.1. The van der Waals surface area contributed by atoms with E-state index in [1.807, 2.05) is 60.7 Å². The van der Waals surface area contributed by atoms with E-state index in [1.165, 1.54) is 24.3 Å². The summed E-state index contributed by atoms with van der Waals surface area (Å²) in [5, 5.41) is 46.7. The van der Waals surface area contributed by atoms with Crippen LogP contribution in [0.2, 0.25) is 0 Å². The summed E-state index contributed by atoms with van der Waals surface area (Å²) in [6, 6.07) is 29.8. The fourth-order valence-corrected chi connectivity index (χ4v) is 6.81. The number of nitrogens with zero attached hydrogens (tertiary/aromatic N) is 1. The molecule has 6 rings (SSSR count). The quantitative estimate of drug-likeness (QED) is 0.0517. The molecule has 61 heavy (non-hydrogen) atoms. The van der Waals surface area contributed by atoms with Gasteiger partial charge in [0.05, 0.1) is 12.6 Å². The van der Waals surface area contributed by atoms with E-state index in [2.05, 4.69) is 16.1 Å². The lowest BCUT2D eigenvalue weighted by Crippen LogP contribution is -2.71. The average molecular weight is 839 g/mol. The Kier molecular flexibility index (Phi) is 15.6. The van der Waals surface area contributed by atoms with Crippen LogP contribution >= 0.6 is 0 Å². The highest BCUT2D eigenvalue weighted by Crippen LogP contribution is 2.32. The number of benzene rings is 4. The van der Waals surface area contributed by atoms with Crippen molar-refractivity contribution >= 4 is 35.5 Å². The maximum Gasteiger partial charge on any atom is 0.410 e. The highest BCUT2D eigenvalue weighted by Gasteiger charge is 2.70. The molecule has 0 radical (unpaired) electrons. The maximum absolute atomic E-state index is 12.8. The number of carbonyl (C=O) groups excluding carboxylic acids is 4. The molecule has 322 valence electrons. The number of rotatable bonds is 15. The van der Waals surface area contributed by atoms with Crippen molar-refractivity contribution in [2.24, 2.45) is 0 Å². The number of likely N-dealkylation sites (tertiary alicyclic amines) is 1. The van der Waals surface area contributed by atoms with E-state index in [0.717, 1.165) is 54.7 Å². The van der Waals surface area contributed by atoms with Gasteiger partial charge in [0.15, 0.2) is 0 Å². The molecular weight excluding hydrogens is 789 g/mol. The molecule has 2 saturated heterocycles. The minimum atomic E-state index is -3.96. The van der Waals surface area contributed by atoms with Crippen LogP contribution in [0.5, 0.6) is 0 Å². The summed E-state index contributed by atoms with van der Waals surface area (Å²) in [6.07, 6.45) is 1.97. The van der Waals surface area contributed by atoms with Crippen LogP contribution in [0, 0.1) is 13.8 Å². The molecule has 2 fully saturated rings. The Morgan fingerprint density at radius 1 is 0.672 bits per heavy atom. The zero-order valence-electron chi connectivity index (χ0n) is 33.8. The van der Waals surface area contributed by atoms with Crippen molar-refractivity contribution in [3.05, 3.63) is 143 Å². The minimum absolute atomic E-state index is 0.0110.